The van der Waals surface area contributed by atoms with E-state index in [-0.39, 0.29) is 6.61 Å². The predicted molar refractivity (Wildman–Crippen MR) is 64.7 cm³/mol. The van der Waals surface area contributed by atoms with Gasteiger partial charge in [0.25, 0.3) is 0 Å². The monoisotopic (exact) mass is 237 g/mol. The molecule has 0 aromatic heterocycles. The number of hydrogen-bond donors (Lipinski definition) is 1. The van der Waals surface area contributed by atoms with E-state index >= 15 is 0 Å². The van der Waals surface area contributed by atoms with Crippen LogP contribution in [-0.2, 0) is 4.74 Å². The Kier molecular flexibility index (Phi) is 4.87. The van der Waals surface area contributed by atoms with Gasteiger partial charge in [0, 0.05) is 6.07 Å². The van der Waals surface area contributed by atoms with Gasteiger partial charge >= 0.3 is 6.09 Å². The van der Waals surface area contributed by atoms with E-state index in [9.17, 15) is 4.79 Å². The Balaban J connectivity index is 2.76. The molecule has 0 saturated carbocycles. The van der Waals surface area contributed by atoms with Gasteiger partial charge in [-0.05, 0) is 12.1 Å². The van der Waals surface area contributed by atoms with Gasteiger partial charge in [-0.2, -0.15) is 0 Å². The molecule has 17 heavy (non-hydrogen) atoms. The maximum absolute atomic E-state index is 11.3. The standard InChI is InChI=1S/C12H15NO4/c1-4-7-17-12(14)13-10-6-5-9(15-2)8-11(10)16-3/h4-6,8H,1,7H2,2-3H3,(H,13,14). The normalized spacial score (nSPS) is 9.29. The number of carbonyl (C=O) groups excluding carboxylic acids is 1. The smallest absolute Gasteiger partial charge is 0.412 e. The Morgan fingerprint density at radius 2 is 2.18 bits per heavy atom. The minimum Gasteiger partial charge on any atom is -0.497 e. The van der Waals surface area contributed by atoms with Crippen molar-refractivity contribution in [1.82, 2.24) is 0 Å². The maximum Gasteiger partial charge on any atom is 0.412 e. The summed E-state index contributed by atoms with van der Waals surface area (Å²) >= 11 is 0. The predicted octanol–water partition coefficient (Wildman–Crippen LogP) is 2.44. The zero-order valence-corrected chi connectivity index (χ0v) is 9.86. The van der Waals surface area contributed by atoms with Crippen LogP contribution in [0.2, 0.25) is 0 Å². The Hall–Kier alpha value is -2.17. The average molecular weight is 237 g/mol. The van der Waals surface area contributed by atoms with E-state index in [0.717, 1.165) is 0 Å². The maximum atomic E-state index is 11.3. The lowest BCUT2D eigenvalue weighted by Gasteiger charge is -2.11. The number of amides is 1. The van der Waals surface area contributed by atoms with Crippen LogP contribution >= 0.6 is 0 Å². The van der Waals surface area contributed by atoms with Gasteiger partial charge in [0.05, 0.1) is 19.9 Å². The first-order valence-electron chi connectivity index (χ1n) is 4.98. The SMILES string of the molecule is C=CCOC(=O)Nc1ccc(OC)cc1OC. The third-order valence-corrected chi connectivity index (χ3v) is 1.98. The molecule has 0 spiro atoms. The van der Waals surface area contributed by atoms with Gasteiger partial charge in [-0.3, -0.25) is 5.32 Å². The summed E-state index contributed by atoms with van der Waals surface area (Å²) in [7, 11) is 3.06. The molecule has 1 rings (SSSR count). The number of nitrogens with one attached hydrogen (secondary N) is 1. The van der Waals surface area contributed by atoms with E-state index in [0.29, 0.717) is 17.2 Å². The molecule has 0 atom stereocenters. The Morgan fingerprint density at radius 3 is 2.76 bits per heavy atom. The molecule has 92 valence electrons. The van der Waals surface area contributed by atoms with Gasteiger partial charge in [0.1, 0.15) is 18.1 Å². The average Bonchev–Trinajstić information content (AvgIpc) is 2.36. The van der Waals surface area contributed by atoms with Crippen molar-refractivity contribution in [3.8, 4) is 11.5 Å². The first kappa shape index (κ1) is 12.9. The van der Waals surface area contributed by atoms with E-state index in [1.54, 1.807) is 25.3 Å². The fraction of sp³-hybridized carbons (Fsp3) is 0.250. The van der Waals surface area contributed by atoms with E-state index in [1.807, 2.05) is 0 Å². The third-order valence-electron chi connectivity index (χ3n) is 1.98. The summed E-state index contributed by atoms with van der Waals surface area (Å²) in [5.74, 6) is 1.15. The molecule has 1 aromatic carbocycles. The summed E-state index contributed by atoms with van der Waals surface area (Å²) < 4.78 is 15.0. The van der Waals surface area contributed by atoms with Gasteiger partial charge in [0.2, 0.25) is 0 Å². The number of hydrogen-bond acceptors (Lipinski definition) is 4. The molecular formula is C12H15NO4. The van der Waals surface area contributed by atoms with Crippen molar-refractivity contribution in [2.24, 2.45) is 0 Å². The number of ether oxygens (including phenoxy) is 3. The van der Waals surface area contributed by atoms with Crippen molar-refractivity contribution in [2.75, 3.05) is 26.1 Å². The topological polar surface area (TPSA) is 56.8 Å². The zero-order valence-electron chi connectivity index (χ0n) is 9.86. The van der Waals surface area contributed by atoms with Crippen LogP contribution in [-0.4, -0.2) is 26.9 Å². The molecule has 0 aliphatic carbocycles. The van der Waals surface area contributed by atoms with Crippen LogP contribution < -0.4 is 14.8 Å². The first-order chi connectivity index (χ1) is 8.21. The highest BCUT2D eigenvalue weighted by Crippen LogP contribution is 2.28. The number of benzene rings is 1. The molecule has 0 fully saturated rings. The Morgan fingerprint density at radius 1 is 1.41 bits per heavy atom. The second-order valence-corrected chi connectivity index (χ2v) is 3.08. The summed E-state index contributed by atoms with van der Waals surface area (Å²) in [5, 5.41) is 2.56. The van der Waals surface area contributed by atoms with Crippen molar-refractivity contribution in [1.29, 1.82) is 0 Å². The fourth-order valence-electron chi connectivity index (χ4n) is 1.18. The molecule has 0 aliphatic rings. The van der Waals surface area contributed by atoms with Crippen molar-refractivity contribution in [3.63, 3.8) is 0 Å². The summed E-state index contributed by atoms with van der Waals surface area (Å²) in [5.41, 5.74) is 0.516. The molecule has 0 bridgehead atoms. The van der Waals surface area contributed by atoms with Crippen LogP contribution in [0.15, 0.2) is 30.9 Å². The number of anilines is 1. The fourth-order valence-corrected chi connectivity index (χ4v) is 1.18. The largest absolute Gasteiger partial charge is 0.497 e. The second kappa shape index (κ2) is 6.42. The molecule has 1 amide bonds. The molecule has 0 aliphatic heterocycles. The van der Waals surface area contributed by atoms with Crippen LogP contribution in [0, 0.1) is 0 Å². The van der Waals surface area contributed by atoms with Gasteiger partial charge in [-0.1, -0.05) is 12.7 Å². The highest BCUT2D eigenvalue weighted by atomic mass is 16.5. The molecule has 0 radical (unpaired) electrons. The van der Waals surface area contributed by atoms with E-state index < -0.39 is 6.09 Å². The second-order valence-electron chi connectivity index (χ2n) is 3.08. The minimum absolute atomic E-state index is 0.157. The molecular weight excluding hydrogens is 222 g/mol. The highest BCUT2D eigenvalue weighted by molar-refractivity contribution is 5.87. The molecule has 0 unspecified atom stereocenters. The zero-order chi connectivity index (χ0) is 12.7. The molecule has 0 heterocycles. The Bertz CT molecular complexity index is 403. The van der Waals surface area contributed by atoms with Crippen molar-refractivity contribution >= 4 is 11.8 Å². The minimum atomic E-state index is -0.562. The van der Waals surface area contributed by atoms with Gasteiger partial charge in [0.15, 0.2) is 0 Å². The summed E-state index contributed by atoms with van der Waals surface area (Å²) in [6.07, 6.45) is 0.929. The lowest BCUT2D eigenvalue weighted by Crippen LogP contribution is -2.14. The molecule has 1 N–H and O–H groups in total. The number of methoxy groups -OCH3 is 2. The highest BCUT2D eigenvalue weighted by Gasteiger charge is 2.08. The van der Waals surface area contributed by atoms with Gasteiger partial charge in [-0.25, -0.2) is 4.79 Å². The lowest BCUT2D eigenvalue weighted by molar-refractivity contribution is 0.174. The quantitative estimate of drug-likeness (QED) is 0.799. The van der Waals surface area contributed by atoms with E-state index in [1.165, 1.54) is 13.2 Å². The molecule has 0 saturated heterocycles. The van der Waals surface area contributed by atoms with Crippen molar-refractivity contribution in [2.45, 2.75) is 0 Å². The summed E-state index contributed by atoms with van der Waals surface area (Å²) in [4.78, 5) is 11.3. The van der Waals surface area contributed by atoms with Gasteiger partial charge in [-0.15, -0.1) is 0 Å². The first-order valence-corrected chi connectivity index (χ1v) is 4.98. The van der Waals surface area contributed by atoms with E-state index in [4.69, 9.17) is 14.2 Å². The number of carbonyl (C=O) groups is 1. The molecule has 1 aromatic rings. The van der Waals surface area contributed by atoms with Crippen LogP contribution in [0.1, 0.15) is 0 Å². The van der Waals surface area contributed by atoms with Crippen LogP contribution in [0.4, 0.5) is 10.5 Å². The summed E-state index contributed by atoms with van der Waals surface area (Å²) in [6.45, 7) is 3.61. The number of rotatable bonds is 5. The third kappa shape index (κ3) is 3.71. The lowest BCUT2D eigenvalue weighted by atomic mass is 10.3. The van der Waals surface area contributed by atoms with Crippen molar-refractivity contribution in [3.05, 3.63) is 30.9 Å². The summed E-state index contributed by atoms with van der Waals surface area (Å²) in [6, 6.07) is 5.06. The van der Waals surface area contributed by atoms with Crippen molar-refractivity contribution < 1.29 is 19.0 Å². The molecule has 5 nitrogen and oxygen atoms in total. The van der Waals surface area contributed by atoms with Crippen LogP contribution in [0.3, 0.4) is 0 Å². The Labute approximate surface area is 100.0 Å². The van der Waals surface area contributed by atoms with Gasteiger partial charge < -0.3 is 14.2 Å². The van der Waals surface area contributed by atoms with Crippen LogP contribution in [0.25, 0.3) is 0 Å². The van der Waals surface area contributed by atoms with Crippen LogP contribution in [0.5, 0.6) is 11.5 Å². The van der Waals surface area contributed by atoms with E-state index in [2.05, 4.69) is 11.9 Å². The molecule has 5 heteroatoms.